The number of anilines is 1. The molecule has 0 saturated heterocycles. The third-order valence-corrected chi connectivity index (χ3v) is 6.04. The summed E-state index contributed by atoms with van der Waals surface area (Å²) in [6.45, 7) is 0. The molecule has 2 aromatic carbocycles. The minimum Gasteiger partial charge on any atom is -0.346 e. The van der Waals surface area contributed by atoms with Gasteiger partial charge in [-0.25, -0.2) is 4.98 Å². The van der Waals surface area contributed by atoms with E-state index in [2.05, 4.69) is 25.9 Å². The van der Waals surface area contributed by atoms with Crippen molar-refractivity contribution in [1.29, 1.82) is 0 Å². The van der Waals surface area contributed by atoms with Crippen molar-refractivity contribution in [3.8, 4) is 0 Å². The van der Waals surface area contributed by atoms with Crippen LogP contribution in [0, 0.1) is 0 Å². The Kier molecular flexibility index (Phi) is 6.75. The van der Waals surface area contributed by atoms with E-state index < -0.39 is 6.04 Å². The highest BCUT2D eigenvalue weighted by Crippen LogP contribution is 2.21. The van der Waals surface area contributed by atoms with Gasteiger partial charge in [0.2, 0.25) is 11.8 Å². The smallest absolute Gasteiger partial charge is 0.254 e. The lowest BCUT2D eigenvalue weighted by Crippen LogP contribution is -2.42. The van der Waals surface area contributed by atoms with Gasteiger partial charge in [-0.15, -0.1) is 0 Å². The van der Waals surface area contributed by atoms with Gasteiger partial charge in [-0.1, -0.05) is 24.3 Å². The van der Waals surface area contributed by atoms with Gasteiger partial charge >= 0.3 is 0 Å². The standard InChI is InChI=1S/C23H25N5O3S/c1-32-13-12-18(21-25-16-8-4-5-9-17(16)26-21)24-20(29)11-10-19-23(31)27-15-7-3-2-6-14(15)22(30)28-19/h2-9,18-19H,10-13H2,1H3,(H,24,29)(H,25,26)(H,27,31)(H,28,30)/t18-,19+/m0/s1. The number of carbonyl (C=O) groups excluding carboxylic acids is 3. The molecule has 4 rings (SSSR count). The molecule has 3 amide bonds. The van der Waals surface area contributed by atoms with Crippen molar-refractivity contribution in [3.05, 3.63) is 59.9 Å². The maximum Gasteiger partial charge on any atom is 0.254 e. The Morgan fingerprint density at radius 2 is 1.94 bits per heavy atom. The molecule has 1 aromatic heterocycles. The third kappa shape index (κ3) is 4.94. The maximum absolute atomic E-state index is 12.7. The van der Waals surface area contributed by atoms with Gasteiger partial charge in [-0.2, -0.15) is 11.8 Å². The molecule has 4 N–H and O–H groups in total. The van der Waals surface area contributed by atoms with E-state index in [-0.39, 0.29) is 36.6 Å². The summed E-state index contributed by atoms with van der Waals surface area (Å²) in [7, 11) is 0. The number of benzene rings is 2. The quantitative estimate of drug-likeness (QED) is 0.420. The zero-order valence-electron chi connectivity index (χ0n) is 17.7. The van der Waals surface area contributed by atoms with Crippen molar-refractivity contribution in [2.24, 2.45) is 0 Å². The summed E-state index contributed by atoms with van der Waals surface area (Å²) in [6.07, 6.45) is 3.04. The second kappa shape index (κ2) is 9.86. The molecular weight excluding hydrogens is 426 g/mol. The van der Waals surface area contributed by atoms with Crippen molar-refractivity contribution in [2.75, 3.05) is 17.3 Å². The molecule has 2 heterocycles. The minimum atomic E-state index is -0.781. The highest BCUT2D eigenvalue weighted by atomic mass is 32.2. The molecule has 0 bridgehead atoms. The summed E-state index contributed by atoms with van der Waals surface area (Å²) >= 11 is 1.70. The maximum atomic E-state index is 12.7. The molecule has 0 aliphatic carbocycles. The number of nitrogens with zero attached hydrogens (tertiary/aromatic N) is 1. The van der Waals surface area contributed by atoms with Crippen LogP contribution in [0.2, 0.25) is 0 Å². The van der Waals surface area contributed by atoms with Gasteiger partial charge in [0.1, 0.15) is 11.9 Å². The van der Waals surface area contributed by atoms with Crippen LogP contribution in [0.1, 0.15) is 41.5 Å². The molecule has 32 heavy (non-hydrogen) atoms. The Morgan fingerprint density at radius 3 is 2.75 bits per heavy atom. The molecule has 0 unspecified atom stereocenters. The Balaban J connectivity index is 1.40. The van der Waals surface area contributed by atoms with Crippen LogP contribution in [0.5, 0.6) is 0 Å². The summed E-state index contributed by atoms with van der Waals surface area (Å²) in [5, 5.41) is 8.53. The number of fused-ring (bicyclic) bond motifs is 2. The van der Waals surface area contributed by atoms with E-state index in [0.29, 0.717) is 17.1 Å². The predicted octanol–water partition coefficient (Wildman–Crippen LogP) is 3.00. The van der Waals surface area contributed by atoms with Crippen LogP contribution in [0.4, 0.5) is 5.69 Å². The second-order valence-electron chi connectivity index (χ2n) is 7.64. The highest BCUT2D eigenvalue weighted by Gasteiger charge is 2.28. The van der Waals surface area contributed by atoms with Crippen LogP contribution >= 0.6 is 11.8 Å². The zero-order valence-corrected chi connectivity index (χ0v) is 18.5. The van der Waals surface area contributed by atoms with Gasteiger partial charge in [-0.3, -0.25) is 14.4 Å². The van der Waals surface area contributed by atoms with E-state index in [0.717, 1.165) is 23.2 Å². The van der Waals surface area contributed by atoms with Crippen LogP contribution in [0.15, 0.2) is 48.5 Å². The van der Waals surface area contributed by atoms with Crippen LogP contribution < -0.4 is 16.0 Å². The van der Waals surface area contributed by atoms with E-state index in [1.54, 1.807) is 36.0 Å². The molecule has 3 aromatic rings. The van der Waals surface area contributed by atoms with Crippen molar-refractivity contribution < 1.29 is 14.4 Å². The third-order valence-electron chi connectivity index (χ3n) is 5.40. The SMILES string of the molecule is CSCC[C@H](NC(=O)CC[C@H]1NC(=O)c2ccccc2NC1=O)c1nc2ccccc2[nH]1. The second-order valence-corrected chi connectivity index (χ2v) is 8.63. The first kappa shape index (κ1) is 21.9. The Hall–Kier alpha value is -3.33. The molecule has 0 radical (unpaired) electrons. The van der Waals surface area contributed by atoms with Gasteiger partial charge in [0.15, 0.2) is 0 Å². The Bertz CT molecular complexity index is 1110. The summed E-state index contributed by atoms with van der Waals surface area (Å²) in [5.74, 6) is 0.725. The predicted molar refractivity (Wildman–Crippen MR) is 126 cm³/mol. The number of amides is 3. The average molecular weight is 452 g/mol. The fourth-order valence-corrected chi connectivity index (χ4v) is 4.18. The Morgan fingerprint density at radius 1 is 1.16 bits per heavy atom. The number of H-pyrrole nitrogens is 1. The van der Waals surface area contributed by atoms with Crippen LogP contribution in [0.3, 0.4) is 0 Å². The van der Waals surface area contributed by atoms with E-state index in [1.165, 1.54) is 0 Å². The number of rotatable bonds is 8. The molecular formula is C23H25N5O3S. The van der Waals surface area contributed by atoms with E-state index >= 15 is 0 Å². The number of thioether (sulfide) groups is 1. The number of imidazole rings is 1. The number of nitrogens with one attached hydrogen (secondary N) is 4. The van der Waals surface area contributed by atoms with Crippen molar-refractivity contribution >= 4 is 46.2 Å². The lowest BCUT2D eigenvalue weighted by atomic mass is 10.1. The molecule has 8 nitrogen and oxygen atoms in total. The van der Waals surface area contributed by atoms with Crippen LogP contribution in [0.25, 0.3) is 11.0 Å². The van der Waals surface area contributed by atoms with Crippen LogP contribution in [-0.2, 0) is 9.59 Å². The van der Waals surface area contributed by atoms with Crippen molar-refractivity contribution in [1.82, 2.24) is 20.6 Å². The number of aromatic nitrogens is 2. The Labute approximate surface area is 189 Å². The fraction of sp³-hybridized carbons (Fsp3) is 0.304. The molecule has 1 aliphatic heterocycles. The lowest BCUT2D eigenvalue weighted by molar-refractivity contribution is -0.122. The number of hydrogen-bond donors (Lipinski definition) is 4. The number of para-hydroxylation sites is 3. The van der Waals surface area contributed by atoms with E-state index in [9.17, 15) is 14.4 Å². The highest BCUT2D eigenvalue weighted by molar-refractivity contribution is 7.98. The fourth-order valence-electron chi connectivity index (χ4n) is 3.71. The van der Waals surface area contributed by atoms with Crippen molar-refractivity contribution in [3.63, 3.8) is 0 Å². The summed E-state index contributed by atoms with van der Waals surface area (Å²) in [5.41, 5.74) is 2.66. The zero-order chi connectivity index (χ0) is 22.5. The summed E-state index contributed by atoms with van der Waals surface area (Å²) < 4.78 is 0. The molecule has 9 heteroatoms. The van der Waals surface area contributed by atoms with E-state index in [1.807, 2.05) is 30.5 Å². The van der Waals surface area contributed by atoms with Gasteiger partial charge in [0.25, 0.3) is 5.91 Å². The first-order valence-corrected chi connectivity index (χ1v) is 11.9. The van der Waals surface area contributed by atoms with Crippen molar-refractivity contribution in [2.45, 2.75) is 31.3 Å². The first-order chi connectivity index (χ1) is 15.5. The molecule has 1 aliphatic rings. The minimum absolute atomic E-state index is 0.102. The summed E-state index contributed by atoms with van der Waals surface area (Å²) in [6, 6.07) is 13.5. The van der Waals surface area contributed by atoms with Gasteiger partial charge < -0.3 is 20.9 Å². The molecule has 166 valence electrons. The molecule has 0 spiro atoms. The number of carbonyl (C=O) groups is 3. The topological polar surface area (TPSA) is 116 Å². The number of aromatic amines is 1. The van der Waals surface area contributed by atoms with E-state index in [4.69, 9.17) is 0 Å². The van der Waals surface area contributed by atoms with Gasteiger partial charge in [-0.05, 0) is 49.1 Å². The van der Waals surface area contributed by atoms with Crippen LogP contribution in [-0.4, -0.2) is 45.7 Å². The van der Waals surface area contributed by atoms with Gasteiger partial charge in [0.05, 0.1) is 28.3 Å². The number of hydrogen-bond acceptors (Lipinski definition) is 5. The monoisotopic (exact) mass is 451 g/mol. The molecule has 0 saturated carbocycles. The molecule has 0 fully saturated rings. The summed E-state index contributed by atoms with van der Waals surface area (Å²) in [4.78, 5) is 45.7. The lowest BCUT2D eigenvalue weighted by Gasteiger charge is -2.18. The average Bonchev–Trinajstić information content (AvgIpc) is 3.18. The normalized spacial score (nSPS) is 16.6. The largest absolute Gasteiger partial charge is 0.346 e. The first-order valence-electron chi connectivity index (χ1n) is 10.5. The van der Waals surface area contributed by atoms with Gasteiger partial charge in [0, 0.05) is 6.42 Å². The molecule has 2 atom stereocenters.